The molecule has 3 aromatic carbocycles. The molecule has 0 spiro atoms. The Labute approximate surface area is 208 Å². The Morgan fingerprint density at radius 3 is 2.11 bits per heavy atom. The number of benzene rings is 3. The van der Waals surface area contributed by atoms with E-state index in [0.29, 0.717) is 29.4 Å². The van der Waals surface area contributed by atoms with Crippen LogP contribution in [0.25, 0.3) is 10.9 Å². The molecule has 0 fully saturated rings. The molecule has 4 aromatic rings. The summed E-state index contributed by atoms with van der Waals surface area (Å²) in [7, 11) is 0. The van der Waals surface area contributed by atoms with Gasteiger partial charge in [0.05, 0.1) is 10.9 Å². The number of carbonyl (C=O) groups is 2. The number of unbranched alkanes of at least 4 members (excludes halogenated alkanes) is 1. The predicted octanol–water partition coefficient (Wildman–Crippen LogP) is 3.92. The summed E-state index contributed by atoms with van der Waals surface area (Å²) >= 11 is 0. The molecule has 1 heterocycles. The first kappa shape index (κ1) is 24.7. The number of anilines is 2. The van der Waals surface area contributed by atoms with Crippen LogP contribution in [0.15, 0.2) is 88.5 Å². The maximum atomic E-state index is 13.3. The van der Waals surface area contributed by atoms with Crippen molar-refractivity contribution in [2.24, 2.45) is 0 Å². The van der Waals surface area contributed by atoms with Gasteiger partial charge in [-0.25, -0.2) is 4.79 Å². The van der Waals surface area contributed by atoms with E-state index in [-0.39, 0.29) is 31.3 Å². The lowest BCUT2D eigenvalue weighted by atomic mass is 10.2. The summed E-state index contributed by atoms with van der Waals surface area (Å²) in [4.78, 5) is 51.2. The van der Waals surface area contributed by atoms with Gasteiger partial charge in [0.1, 0.15) is 6.54 Å². The van der Waals surface area contributed by atoms with E-state index >= 15 is 0 Å². The molecule has 1 aromatic heterocycles. The van der Waals surface area contributed by atoms with Gasteiger partial charge < -0.3 is 10.6 Å². The number of aromatic nitrogens is 2. The van der Waals surface area contributed by atoms with Crippen molar-refractivity contribution in [1.29, 1.82) is 0 Å². The van der Waals surface area contributed by atoms with E-state index in [4.69, 9.17) is 0 Å². The molecule has 8 nitrogen and oxygen atoms in total. The van der Waals surface area contributed by atoms with Gasteiger partial charge in [-0.1, -0.05) is 48.0 Å². The quantitative estimate of drug-likeness (QED) is 0.352. The number of fused-ring (bicyclic) bond motifs is 1. The van der Waals surface area contributed by atoms with E-state index in [9.17, 15) is 19.2 Å². The molecule has 0 atom stereocenters. The zero-order chi connectivity index (χ0) is 25.5. The zero-order valence-electron chi connectivity index (χ0n) is 20.1. The first-order valence-electron chi connectivity index (χ1n) is 11.9. The topological polar surface area (TPSA) is 102 Å². The molecular formula is C28H28N4O4. The fraction of sp³-hybridized carbons (Fsp3) is 0.214. The number of para-hydroxylation sites is 2. The number of amides is 2. The average Bonchev–Trinajstić information content (AvgIpc) is 2.88. The average molecular weight is 485 g/mol. The van der Waals surface area contributed by atoms with Crippen molar-refractivity contribution in [1.82, 2.24) is 9.13 Å². The zero-order valence-corrected chi connectivity index (χ0v) is 20.1. The van der Waals surface area contributed by atoms with Gasteiger partial charge in [0.15, 0.2) is 0 Å². The first-order valence-corrected chi connectivity index (χ1v) is 11.9. The third-order valence-corrected chi connectivity index (χ3v) is 5.86. The molecule has 0 aliphatic heterocycles. The second kappa shape index (κ2) is 11.3. The SMILES string of the molecule is Cc1ccc(NC(=O)Cn2c(=O)n(CCCCC(=O)Nc3ccccc3)c(=O)c3ccccc32)cc1. The van der Waals surface area contributed by atoms with Gasteiger partial charge >= 0.3 is 5.69 Å². The number of aryl methyl sites for hydroxylation is 1. The number of hydrogen-bond acceptors (Lipinski definition) is 4. The lowest BCUT2D eigenvalue weighted by Gasteiger charge is -2.14. The lowest BCUT2D eigenvalue weighted by Crippen LogP contribution is -2.41. The van der Waals surface area contributed by atoms with Crippen molar-refractivity contribution in [2.45, 2.75) is 39.3 Å². The third-order valence-electron chi connectivity index (χ3n) is 5.86. The smallest absolute Gasteiger partial charge is 0.326 e. The third kappa shape index (κ3) is 5.96. The van der Waals surface area contributed by atoms with Crippen molar-refractivity contribution in [3.63, 3.8) is 0 Å². The van der Waals surface area contributed by atoms with E-state index in [2.05, 4.69) is 10.6 Å². The van der Waals surface area contributed by atoms with Crippen LogP contribution in [0.1, 0.15) is 24.8 Å². The number of nitrogens with zero attached hydrogens (tertiary/aromatic N) is 2. The van der Waals surface area contributed by atoms with Crippen molar-refractivity contribution in [3.05, 3.63) is 105 Å². The van der Waals surface area contributed by atoms with Gasteiger partial charge in [0.25, 0.3) is 5.56 Å². The van der Waals surface area contributed by atoms with Crippen molar-refractivity contribution >= 4 is 34.1 Å². The molecule has 8 heteroatoms. The Morgan fingerprint density at radius 2 is 1.36 bits per heavy atom. The second-order valence-corrected chi connectivity index (χ2v) is 8.63. The molecule has 0 bridgehead atoms. The van der Waals surface area contributed by atoms with E-state index < -0.39 is 11.2 Å². The molecule has 0 radical (unpaired) electrons. The normalized spacial score (nSPS) is 10.8. The molecule has 0 saturated heterocycles. The summed E-state index contributed by atoms with van der Waals surface area (Å²) in [6, 6.07) is 23.3. The van der Waals surface area contributed by atoms with Crippen LogP contribution < -0.4 is 21.9 Å². The Kier molecular flexibility index (Phi) is 7.75. The monoisotopic (exact) mass is 484 g/mol. The molecule has 0 aliphatic rings. The Bertz CT molecular complexity index is 1490. The number of hydrogen-bond donors (Lipinski definition) is 2. The molecule has 4 rings (SSSR count). The standard InChI is InChI=1S/C28H28N4O4/c1-20-14-16-22(17-15-20)30-26(34)19-32-24-12-6-5-11-23(24)27(35)31(28(32)36)18-8-7-13-25(33)29-21-9-3-2-4-10-21/h2-6,9-12,14-17H,7-8,13,18-19H2,1H3,(H,29,33)(H,30,34). The van der Waals surface area contributed by atoms with Crippen molar-refractivity contribution in [3.8, 4) is 0 Å². The Morgan fingerprint density at radius 1 is 0.722 bits per heavy atom. The first-order chi connectivity index (χ1) is 17.4. The molecule has 2 N–H and O–H groups in total. The van der Waals surface area contributed by atoms with Crippen LogP contribution in [0, 0.1) is 6.92 Å². The molecule has 0 saturated carbocycles. The van der Waals surface area contributed by atoms with Gasteiger partial charge in [-0.2, -0.15) is 0 Å². The van der Waals surface area contributed by atoms with Gasteiger partial charge in [-0.05, 0) is 56.2 Å². The highest BCUT2D eigenvalue weighted by molar-refractivity contribution is 5.92. The van der Waals surface area contributed by atoms with Crippen LogP contribution in [0.4, 0.5) is 11.4 Å². The van der Waals surface area contributed by atoms with E-state index in [0.717, 1.165) is 15.8 Å². The van der Waals surface area contributed by atoms with Crippen LogP contribution in [-0.4, -0.2) is 20.9 Å². The van der Waals surface area contributed by atoms with Crippen LogP contribution in [-0.2, 0) is 22.7 Å². The van der Waals surface area contributed by atoms with Crippen LogP contribution >= 0.6 is 0 Å². The highest BCUT2D eigenvalue weighted by Gasteiger charge is 2.15. The van der Waals surface area contributed by atoms with Gasteiger partial charge in [0, 0.05) is 24.3 Å². The van der Waals surface area contributed by atoms with E-state index in [1.165, 1.54) is 4.57 Å². The summed E-state index contributed by atoms with van der Waals surface area (Å²) in [6.07, 6.45) is 1.24. The maximum Gasteiger partial charge on any atom is 0.331 e. The number of carbonyl (C=O) groups excluding carboxylic acids is 2. The molecular weight excluding hydrogens is 456 g/mol. The summed E-state index contributed by atoms with van der Waals surface area (Å²) in [5.74, 6) is -0.494. The summed E-state index contributed by atoms with van der Waals surface area (Å²) in [5.41, 5.74) is 1.88. The largest absolute Gasteiger partial charge is 0.331 e. The predicted molar refractivity (Wildman–Crippen MR) is 141 cm³/mol. The summed E-state index contributed by atoms with van der Waals surface area (Å²) in [5, 5.41) is 5.98. The number of rotatable bonds is 9. The molecule has 184 valence electrons. The van der Waals surface area contributed by atoms with Gasteiger partial charge in [0.2, 0.25) is 11.8 Å². The molecule has 2 amide bonds. The number of nitrogens with one attached hydrogen (secondary N) is 2. The fourth-order valence-electron chi connectivity index (χ4n) is 4.00. The maximum absolute atomic E-state index is 13.3. The molecule has 0 unspecified atom stereocenters. The highest BCUT2D eigenvalue weighted by Crippen LogP contribution is 2.11. The lowest BCUT2D eigenvalue weighted by molar-refractivity contribution is -0.117. The van der Waals surface area contributed by atoms with Gasteiger partial charge in [-0.15, -0.1) is 0 Å². The Balaban J connectivity index is 1.47. The molecule has 36 heavy (non-hydrogen) atoms. The minimum atomic E-state index is -0.550. The fourth-order valence-corrected chi connectivity index (χ4v) is 4.00. The van der Waals surface area contributed by atoms with Crippen molar-refractivity contribution in [2.75, 3.05) is 10.6 Å². The minimum absolute atomic E-state index is 0.128. The second-order valence-electron chi connectivity index (χ2n) is 8.63. The van der Waals surface area contributed by atoms with Crippen LogP contribution in [0.5, 0.6) is 0 Å². The van der Waals surface area contributed by atoms with E-state index in [1.807, 2.05) is 49.4 Å². The van der Waals surface area contributed by atoms with E-state index in [1.54, 1.807) is 36.4 Å². The summed E-state index contributed by atoms with van der Waals surface area (Å²) < 4.78 is 2.47. The van der Waals surface area contributed by atoms with Crippen LogP contribution in [0.3, 0.4) is 0 Å². The highest BCUT2D eigenvalue weighted by atomic mass is 16.2. The van der Waals surface area contributed by atoms with Crippen LogP contribution in [0.2, 0.25) is 0 Å². The van der Waals surface area contributed by atoms with Gasteiger partial charge in [-0.3, -0.25) is 23.5 Å². The van der Waals surface area contributed by atoms with Crippen molar-refractivity contribution < 1.29 is 9.59 Å². The minimum Gasteiger partial charge on any atom is -0.326 e. The molecule has 0 aliphatic carbocycles. The summed E-state index contributed by atoms with van der Waals surface area (Å²) in [6.45, 7) is 1.88. The Hall–Kier alpha value is -4.46.